The van der Waals surface area contributed by atoms with Crippen molar-refractivity contribution in [2.45, 2.75) is 71.9 Å². The molecule has 0 bridgehead atoms. The second-order valence-corrected chi connectivity index (χ2v) is 10.3. The van der Waals surface area contributed by atoms with Crippen LogP contribution in [0.2, 0.25) is 0 Å². The third-order valence-electron chi connectivity index (χ3n) is 5.86. The van der Waals surface area contributed by atoms with Gasteiger partial charge in [0.25, 0.3) is 11.8 Å². The lowest BCUT2D eigenvalue weighted by Gasteiger charge is -2.28. The summed E-state index contributed by atoms with van der Waals surface area (Å²) in [5.41, 5.74) is 0.967. The molecular weight excluding hydrogens is 410 g/mol. The normalized spacial score (nSPS) is 19.3. The van der Waals surface area contributed by atoms with Gasteiger partial charge in [-0.1, -0.05) is 26.8 Å². The van der Waals surface area contributed by atoms with Crippen LogP contribution in [0.4, 0.5) is 5.69 Å². The van der Waals surface area contributed by atoms with Crippen LogP contribution in [0, 0.1) is 5.41 Å². The molecule has 0 spiro atoms. The number of piperidine rings is 1. The van der Waals surface area contributed by atoms with Gasteiger partial charge in [0.15, 0.2) is 0 Å². The Hall–Kier alpha value is -2.74. The molecule has 2 aliphatic rings. The van der Waals surface area contributed by atoms with Gasteiger partial charge in [0, 0.05) is 25.3 Å². The number of hydrogen-bond donors (Lipinski definition) is 2. The fourth-order valence-corrected chi connectivity index (χ4v) is 3.87. The van der Waals surface area contributed by atoms with Gasteiger partial charge in [-0.3, -0.25) is 29.4 Å². The molecule has 1 aromatic rings. The van der Waals surface area contributed by atoms with Crippen molar-refractivity contribution in [1.82, 2.24) is 10.2 Å². The van der Waals surface area contributed by atoms with E-state index in [1.807, 2.05) is 13.8 Å². The summed E-state index contributed by atoms with van der Waals surface area (Å²) in [6.45, 7) is 11.8. The molecule has 0 aliphatic carbocycles. The van der Waals surface area contributed by atoms with E-state index in [0.717, 1.165) is 11.3 Å². The number of amides is 4. The molecular formula is C24H33N3O5. The van der Waals surface area contributed by atoms with Crippen LogP contribution in [-0.2, 0) is 14.3 Å². The first-order chi connectivity index (χ1) is 14.9. The first-order valence-electron chi connectivity index (χ1n) is 11.1. The number of nitrogens with zero attached hydrogens (tertiary/aromatic N) is 1. The van der Waals surface area contributed by atoms with E-state index in [1.54, 1.807) is 18.2 Å². The summed E-state index contributed by atoms with van der Waals surface area (Å²) in [6, 6.07) is 4.09. The first-order valence-corrected chi connectivity index (χ1v) is 11.1. The monoisotopic (exact) mass is 443 g/mol. The summed E-state index contributed by atoms with van der Waals surface area (Å²) < 4.78 is 6.05. The van der Waals surface area contributed by atoms with Gasteiger partial charge in [-0.2, -0.15) is 0 Å². The van der Waals surface area contributed by atoms with E-state index >= 15 is 0 Å². The molecule has 2 aliphatic heterocycles. The summed E-state index contributed by atoms with van der Waals surface area (Å²) in [4.78, 5) is 50.7. The minimum atomic E-state index is -0.969. The van der Waals surface area contributed by atoms with Gasteiger partial charge >= 0.3 is 0 Å². The van der Waals surface area contributed by atoms with Gasteiger partial charge in [0.2, 0.25) is 11.8 Å². The molecule has 1 saturated heterocycles. The highest BCUT2D eigenvalue weighted by atomic mass is 16.5. The van der Waals surface area contributed by atoms with Crippen molar-refractivity contribution < 1.29 is 23.9 Å². The number of anilines is 1. The minimum Gasteiger partial charge on any atom is -0.384 e. The number of carbonyl (C=O) groups excluding carboxylic acids is 4. The number of hydrogen-bond acceptors (Lipinski definition) is 6. The smallest absolute Gasteiger partial charge is 0.264 e. The number of ether oxygens (including phenoxy) is 1. The molecule has 8 heteroatoms. The van der Waals surface area contributed by atoms with E-state index in [2.05, 4.69) is 31.4 Å². The molecule has 0 radical (unpaired) electrons. The molecule has 174 valence electrons. The predicted molar refractivity (Wildman–Crippen MR) is 120 cm³/mol. The fraction of sp³-hybridized carbons (Fsp3) is 0.583. The maximum Gasteiger partial charge on any atom is 0.264 e. The predicted octanol–water partition coefficient (Wildman–Crippen LogP) is 3.12. The van der Waals surface area contributed by atoms with E-state index < -0.39 is 29.7 Å². The number of imide groups is 2. The van der Waals surface area contributed by atoms with Gasteiger partial charge in [0.1, 0.15) is 6.04 Å². The zero-order chi connectivity index (χ0) is 23.7. The Morgan fingerprint density at radius 1 is 1.06 bits per heavy atom. The van der Waals surface area contributed by atoms with Crippen LogP contribution < -0.4 is 10.6 Å². The number of rotatable bonds is 8. The van der Waals surface area contributed by atoms with Crippen molar-refractivity contribution in [3.8, 4) is 0 Å². The summed E-state index contributed by atoms with van der Waals surface area (Å²) >= 11 is 0. The average molecular weight is 444 g/mol. The maximum atomic E-state index is 13.1. The van der Waals surface area contributed by atoms with Crippen molar-refractivity contribution in [2.75, 3.05) is 18.5 Å². The fourth-order valence-electron chi connectivity index (χ4n) is 3.87. The summed E-state index contributed by atoms with van der Waals surface area (Å²) in [5, 5.41) is 5.48. The largest absolute Gasteiger partial charge is 0.384 e. The number of fused-ring (bicyclic) bond motifs is 1. The third-order valence-corrected chi connectivity index (χ3v) is 5.86. The van der Waals surface area contributed by atoms with Crippen LogP contribution in [0.5, 0.6) is 0 Å². The average Bonchev–Trinajstić information content (AvgIpc) is 2.92. The molecule has 4 amide bonds. The molecule has 1 aromatic carbocycles. The first kappa shape index (κ1) is 23.9. The molecule has 32 heavy (non-hydrogen) atoms. The second-order valence-electron chi connectivity index (χ2n) is 10.3. The zero-order valence-corrected chi connectivity index (χ0v) is 19.5. The molecule has 8 nitrogen and oxygen atoms in total. The lowest BCUT2D eigenvalue weighted by Crippen LogP contribution is -2.54. The highest BCUT2D eigenvalue weighted by Gasteiger charge is 2.45. The quantitative estimate of drug-likeness (QED) is 0.598. The van der Waals surface area contributed by atoms with Crippen LogP contribution in [0.1, 0.15) is 81.0 Å². The van der Waals surface area contributed by atoms with Gasteiger partial charge in [-0.25, -0.2) is 0 Å². The Morgan fingerprint density at radius 2 is 1.78 bits per heavy atom. The van der Waals surface area contributed by atoms with Crippen molar-refractivity contribution in [1.29, 1.82) is 0 Å². The minimum absolute atomic E-state index is 0.0964. The van der Waals surface area contributed by atoms with E-state index in [1.165, 1.54) is 0 Å². The van der Waals surface area contributed by atoms with Crippen LogP contribution >= 0.6 is 0 Å². The topological polar surface area (TPSA) is 105 Å². The van der Waals surface area contributed by atoms with Crippen molar-refractivity contribution in [3.05, 3.63) is 29.3 Å². The molecule has 0 saturated carbocycles. The Morgan fingerprint density at radius 3 is 2.44 bits per heavy atom. The van der Waals surface area contributed by atoms with E-state index in [9.17, 15) is 19.2 Å². The summed E-state index contributed by atoms with van der Waals surface area (Å²) in [6.07, 6.45) is 1.90. The number of nitrogens with one attached hydrogen (secondary N) is 2. The van der Waals surface area contributed by atoms with Gasteiger partial charge in [-0.05, 0) is 50.7 Å². The van der Waals surface area contributed by atoms with Gasteiger partial charge in [0.05, 0.1) is 16.7 Å². The van der Waals surface area contributed by atoms with Gasteiger partial charge in [-0.15, -0.1) is 0 Å². The zero-order valence-electron chi connectivity index (χ0n) is 19.5. The Kier molecular flexibility index (Phi) is 6.74. The van der Waals surface area contributed by atoms with Crippen LogP contribution in [0.3, 0.4) is 0 Å². The summed E-state index contributed by atoms with van der Waals surface area (Å²) in [7, 11) is 0. The molecule has 3 rings (SSSR count). The Balaban J connectivity index is 1.66. The van der Waals surface area contributed by atoms with Crippen molar-refractivity contribution in [3.63, 3.8) is 0 Å². The summed E-state index contributed by atoms with van der Waals surface area (Å²) in [5.74, 6) is -2.02. The second kappa shape index (κ2) is 9.02. The lowest BCUT2D eigenvalue weighted by molar-refractivity contribution is -0.136. The van der Waals surface area contributed by atoms with Crippen LogP contribution in [0.15, 0.2) is 18.2 Å². The van der Waals surface area contributed by atoms with Crippen molar-refractivity contribution >= 4 is 29.3 Å². The SMILES string of the molecule is CC(C)(C)CCOC(C)(C)CCNc1cccc2c1C(=O)N(C1CCC(=O)NC1=O)C2=O. The van der Waals surface area contributed by atoms with Gasteiger partial charge < -0.3 is 10.1 Å². The van der Waals surface area contributed by atoms with E-state index in [-0.39, 0.29) is 35.0 Å². The Labute approximate surface area is 189 Å². The van der Waals surface area contributed by atoms with Crippen molar-refractivity contribution in [2.24, 2.45) is 5.41 Å². The Bertz CT molecular complexity index is 932. The highest BCUT2D eigenvalue weighted by Crippen LogP contribution is 2.32. The molecule has 2 heterocycles. The molecule has 1 unspecified atom stereocenters. The molecule has 0 aromatic heterocycles. The van der Waals surface area contributed by atoms with E-state index in [4.69, 9.17) is 4.74 Å². The van der Waals surface area contributed by atoms with E-state index in [0.29, 0.717) is 25.3 Å². The number of benzene rings is 1. The highest BCUT2D eigenvalue weighted by molar-refractivity contribution is 6.25. The lowest BCUT2D eigenvalue weighted by atomic mass is 9.93. The molecule has 1 atom stereocenters. The molecule has 1 fully saturated rings. The third kappa shape index (κ3) is 5.35. The maximum absolute atomic E-state index is 13.1. The standard InChI is InChI=1S/C24H33N3O5/c1-23(2,3)12-14-32-24(4,5)11-13-25-16-8-6-7-15-19(16)22(31)27(21(15)30)17-9-10-18(28)26-20(17)29/h6-8,17,25H,9-14H2,1-5H3,(H,26,28,29). The van der Waals surface area contributed by atoms with Crippen LogP contribution in [0.25, 0.3) is 0 Å². The number of carbonyl (C=O) groups is 4. The molecule has 2 N–H and O–H groups in total. The van der Waals surface area contributed by atoms with Crippen LogP contribution in [-0.4, -0.2) is 53.3 Å².